The number of aromatic nitrogens is 1. The van der Waals surface area contributed by atoms with Gasteiger partial charge in [-0.2, -0.15) is 0 Å². The van der Waals surface area contributed by atoms with E-state index in [-0.39, 0.29) is 6.04 Å². The highest BCUT2D eigenvalue weighted by atomic mass is 32.1. The molecule has 2 N–H and O–H groups in total. The summed E-state index contributed by atoms with van der Waals surface area (Å²) in [6, 6.07) is 18.9. The van der Waals surface area contributed by atoms with Crippen LogP contribution in [-0.2, 0) is 6.42 Å². The van der Waals surface area contributed by atoms with E-state index < -0.39 is 0 Å². The summed E-state index contributed by atoms with van der Waals surface area (Å²) >= 11 is 1.67. The van der Waals surface area contributed by atoms with Crippen molar-refractivity contribution in [3.63, 3.8) is 0 Å². The standard InChI is InChI=1S/C18H18N2S/c1-13-20-17(12-21-13)11-18(19)16-9-7-15(8-10-16)14-5-3-2-4-6-14/h2-10,12,18H,11,19H2,1H3. The number of nitrogens with two attached hydrogens (primary N) is 1. The highest BCUT2D eigenvalue weighted by molar-refractivity contribution is 7.09. The number of aryl methyl sites for hydroxylation is 1. The third kappa shape index (κ3) is 3.38. The average Bonchev–Trinajstić information content (AvgIpc) is 2.93. The lowest BCUT2D eigenvalue weighted by Gasteiger charge is -2.11. The maximum absolute atomic E-state index is 6.29. The zero-order valence-electron chi connectivity index (χ0n) is 12.0. The first kappa shape index (κ1) is 14.0. The normalized spacial score (nSPS) is 12.3. The van der Waals surface area contributed by atoms with Gasteiger partial charge in [0, 0.05) is 17.8 Å². The van der Waals surface area contributed by atoms with Crippen LogP contribution in [0.25, 0.3) is 11.1 Å². The van der Waals surface area contributed by atoms with Crippen molar-refractivity contribution in [2.24, 2.45) is 5.73 Å². The van der Waals surface area contributed by atoms with E-state index in [0.717, 1.165) is 22.7 Å². The van der Waals surface area contributed by atoms with Gasteiger partial charge in [-0.1, -0.05) is 54.6 Å². The highest BCUT2D eigenvalue weighted by Gasteiger charge is 2.09. The monoisotopic (exact) mass is 294 g/mol. The molecule has 0 radical (unpaired) electrons. The average molecular weight is 294 g/mol. The van der Waals surface area contributed by atoms with Gasteiger partial charge in [-0.15, -0.1) is 11.3 Å². The van der Waals surface area contributed by atoms with Gasteiger partial charge in [0.05, 0.1) is 10.7 Å². The highest BCUT2D eigenvalue weighted by Crippen LogP contribution is 2.23. The molecular formula is C18H18N2S. The van der Waals surface area contributed by atoms with Gasteiger partial charge in [-0.3, -0.25) is 0 Å². The summed E-state index contributed by atoms with van der Waals surface area (Å²) in [7, 11) is 0. The number of rotatable bonds is 4. The molecule has 0 aliphatic heterocycles. The number of benzene rings is 2. The van der Waals surface area contributed by atoms with Gasteiger partial charge in [-0.25, -0.2) is 4.98 Å². The third-order valence-electron chi connectivity index (χ3n) is 3.54. The summed E-state index contributed by atoms with van der Waals surface area (Å²) in [5, 5.41) is 3.18. The van der Waals surface area contributed by atoms with Crippen LogP contribution in [0.1, 0.15) is 22.3 Å². The molecule has 0 saturated heterocycles. The molecule has 0 bridgehead atoms. The first-order valence-corrected chi connectivity index (χ1v) is 7.92. The molecule has 106 valence electrons. The first-order valence-electron chi connectivity index (χ1n) is 7.04. The maximum Gasteiger partial charge on any atom is 0.0897 e. The Balaban J connectivity index is 1.74. The van der Waals surface area contributed by atoms with Gasteiger partial charge in [0.25, 0.3) is 0 Å². The fourth-order valence-corrected chi connectivity index (χ4v) is 3.02. The van der Waals surface area contributed by atoms with Crippen LogP contribution in [0.3, 0.4) is 0 Å². The van der Waals surface area contributed by atoms with Crippen LogP contribution in [0, 0.1) is 6.92 Å². The van der Waals surface area contributed by atoms with Crippen LogP contribution in [0.5, 0.6) is 0 Å². The van der Waals surface area contributed by atoms with Gasteiger partial charge in [-0.05, 0) is 23.6 Å². The van der Waals surface area contributed by atoms with Crippen LogP contribution in [0.4, 0.5) is 0 Å². The van der Waals surface area contributed by atoms with Gasteiger partial charge in [0.2, 0.25) is 0 Å². The molecule has 2 nitrogen and oxygen atoms in total. The Morgan fingerprint density at radius 2 is 1.67 bits per heavy atom. The lowest BCUT2D eigenvalue weighted by Crippen LogP contribution is -2.13. The van der Waals surface area contributed by atoms with Gasteiger partial charge < -0.3 is 5.73 Å². The fourth-order valence-electron chi connectivity index (χ4n) is 2.40. The Bertz CT molecular complexity index is 702. The van der Waals surface area contributed by atoms with E-state index >= 15 is 0 Å². The third-order valence-corrected chi connectivity index (χ3v) is 4.36. The molecule has 2 aromatic carbocycles. The van der Waals surface area contributed by atoms with Crippen LogP contribution in [0.2, 0.25) is 0 Å². The second kappa shape index (κ2) is 6.20. The molecule has 3 aromatic rings. The Hall–Kier alpha value is -1.97. The number of thiazole rings is 1. The molecule has 1 atom stereocenters. The van der Waals surface area contributed by atoms with E-state index in [1.54, 1.807) is 11.3 Å². The predicted octanol–water partition coefficient (Wildman–Crippen LogP) is 4.36. The van der Waals surface area contributed by atoms with E-state index in [9.17, 15) is 0 Å². The van der Waals surface area contributed by atoms with Crippen molar-refractivity contribution in [1.29, 1.82) is 0 Å². The predicted molar refractivity (Wildman–Crippen MR) is 89.4 cm³/mol. The zero-order chi connectivity index (χ0) is 14.7. The quantitative estimate of drug-likeness (QED) is 0.776. The molecular weight excluding hydrogens is 276 g/mol. The topological polar surface area (TPSA) is 38.9 Å². The van der Waals surface area contributed by atoms with Crippen molar-refractivity contribution in [3.05, 3.63) is 76.2 Å². The first-order chi connectivity index (χ1) is 10.2. The maximum atomic E-state index is 6.29. The van der Waals surface area contributed by atoms with Crippen molar-refractivity contribution in [2.75, 3.05) is 0 Å². The van der Waals surface area contributed by atoms with Crippen LogP contribution >= 0.6 is 11.3 Å². The molecule has 0 aliphatic carbocycles. The molecule has 0 aliphatic rings. The number of nitrogens with zero attached hydrogens (tertiary/aromatic N) is 1. The van der Waals surface area contributed by atoms with Gasteiger partial charge in [0.1, 0.15) is 0 Å². The largest absolute Gasteiger partial charge is 0.324 e. The molecule has 3 heteroatoms. The number of hydrogen-bond donors (Lipinski definition) is 1. The van der Waals surface area contributed by atoms with E-state index in [4.69, 9.17) is 5.73 Å². The van der Waals surface area contributed by atoms with Crippen molar-refractivity contribution >= 4 is 11.3 Å². The van der Waals surface area contributed by atoms with E-state index in [1.807, 2.05) is 13.0 Å². The molecule has 21 heavy (non-hydrogen) atoms. The van der Waals surface area contributed by atoms with Crippen molar-refractivity contribution < 1.29 is 0 Å². The summed E-state index contributed by atoms with van der Waals surface area (Å²) in [6.45, 7) is 2.02. The van der Waals surface area contributed by atoms with E-state index in [0.29, 0.717) is 0 Å². The molecule has 0 spiro atoms. The summed E-state index contributed by atoms with van der Waals surface area (Å²) in [5.74, 6) is 0. The lowest BCUT2D eigenvalue weighted by molar-refractivity contribution is 0.709. The summed E-state index contributed by atoms with van der Waals surface area (Å²) in [6.07, 6.45) is 0.787. The second-order valence-corrected chi connectivity index (χ2v) is 6.22. The zero-order valence-corrected chi connectivity index (χ0v) is 12.8. The SMILES string of the molecule is Cc1nc(CC(N)c2ccc(-c3ccccc3)cc2)cs1. The Morgan fingerprint density at radius 1 is 1.00 bits per heavy atom. The summed E-state index contributed by atoms with van der Waals surface area (Å²) in [5.41, 5.74) is 11.0. The molecule has 1 aromatic heterocycles. The van der Waals surface area contributed by atoms with Gasteiger partial charge in [0.15, 0.2) is 0 Å². The Labute approximate surface area is 129 Å². The minimum atomic E-state index is -0.00340. The smallest absolute Gasteiger partial charge is 0.0897 e. The minimum absolute atomic E-state index is 0.00340. The minimum Gasteiger partial charge on any atom is -0.324 e. The second-order valence-electron chi connectivity index (χ2n) is 5.16. The van der Waals surface area contributed by atoms with E-state index in [1.165, 1.54) is 11.1 Å². The molecule has 1 unspecified atom stereocenters. The summed E-state index contributed by atoms with van der Waals surface area (Å²) < 4.78 is 0. The van der Waals surface area contributed by atoms with Crippen molar-refractivity contribution in [1.82, 2.24) is 4.98 Å². The van der Waals surface area contributed by atoms with Crippen molar-refractivity contribution in [2.45, 2.75) is 19.4 Å². The molecule has 1 heterocycles. The molecule has 0 saturated carbocycles. The Morgan fingerprint density at radius 3 is 2.29 bits per heavy atom. The molecule has 3 rings (SSSR count). The van der Waals surface area contributed by atoms with Crippen LogP contribution in [0.15, 0.2) is 60.0 Å². The van der Waals surface area contributed by atoms with E-state index in [2.05, 4.69) is 58.9 Å². The fraction of sp³-hybridized carbons (Fsp3) is 0.167. The van der Waals surface area contributed by atoms with Crippen LogP contribution in [-0.4, -0.2) is 4.98 Å². The Kier molecular flexibility index (Phi) is 4.13. The summed E-state index contributed by atoms with van der Waals surface area (Å²) in [4.78, 5) is 4.48. The number of hydrogen-bond acceptors (Lipinski definition) is 3. The van der Waals surface area contributed by atoms with Gasteiger partial charge >= 0.3 is 0 Å². The van der Waals surface area contributed by atoms with Crippen LogP contribution < -0.4 is 5.73 Å². The molecule has 0 amide bonds. The lowest BCUT2D eigenvalue weighted by atomic mass is 9.99. The molecule has 0 fully saturated rings. The van der Waals surface area contributed by atoms with Crippen molar-refractivity contribution in [3.8, 4) is 11.1 Å².